The average Bonchev–Trinajstić information content (AvgIpc) is 3.06. The zero-order valence-corrected chi connectivity index (χ0v) is 14.3. The van der Waals surface area contributed by atoms with Gasteiger partial charge in [-0.25, -0.2) is 24.3 Å². The number of hydrazone groups is 1. The highest BCUT2D eigenvalue weighted by molar-refractivity contribution is 6.13. The lowest BCUT2D eigenvalue weighted by Crippen LogP contribution is -2.44. The van der Waals surface area contributed by atoms with Crippen LogP contribution in [0.5, 0.6) is 0 Å². The van der Waals surface area contributed by atoms with Gasteiger partial charge in [0.25, 0.3) is 0 Å². The number of aromatic nitrogens is 2. The van der Waals surface area contributed by atoms with Crippen LogP contribution in [-0.2, 0) is 0 Å². The van der Waals surface area contributed by atoms with E-state index in [4.69, 9.17) is 5.73 Å². The zero-order valence-electron chi connectivity index (χ0n) is 14.3. The van der Waals surface area contributed by atoms with Crippen molar-refractivity contribution in [2.45, 2.75) is 0 Å². The molecule has 0 bridgehead atoms. The minimum Gasteiger partial charge on any atom is -0.383 e. The number of benzene rings is 1. The summed E-state index contributed by atoms with van der Waals surface area (Å²) >= 11 is 0. The van der Waals surface area contributed by atoms with E-state index < -0.39 is 11.6 Å². The zero-order chi connectivity index (χ0) is 19.0. The quantitative estimate of drug-likeness (QED) is 0.740. The van der Waals surface area contributed by atoms with Gasteiger partial charge in [-0.05, 0) is 35.9 Å². The molecule has 27 heavy (non-hydrogen) atoms. The normalized spacial score (nSPS) is 14.2. The Bertz CT molecular complexity index is 1020. The Morgan fingerprint density at radius 1 is 1.07 bits per heavy atom. The van der Waals surface area contributed by atoms with Crippen molar-refractivity contribution in [2.24, 2.45) is 5.10 Å². The van der Waals surface area contributed by atoms with Gasteiger partial charge in [-0.3, -0.25) is 4.98 Å². The van der Waals surface area contributed by atoms with Crippen LogP contribution in [0.3, 0.4) is 0 Å². The maximum Gasteiger partial charge on any atom is 0.184 e. The van der Waals surface area contributed by atoms with Crippen LogP contribution < -0.4 is 16.3 Å². The van der Waals surface area contributed by atoms with Crippen LogP contribution in [0.2, 0.25) is 0 Å². The van der Waals surface area contributed by atoms with Crippen LogP contribution in [0, 0.1) is 11.6 Å². The van der Waals surface area contributed by atoms with E-state index in [-0.39, 0.29) is 11.5 Å². The van der Waals surface area contributed by atoms with E-state index in [1.807, 2.05) is 12.1 Å². The Kier molecular flexibility index (Phi) is 4.13. The van der Waals surface area contributed by atoms with Gasteiger partial charge >= 0.3 is 0 Å². The van der Waals surface area contributed by atoms with Crippen molar-refractivity contribution >= 4 is 17.3 Å². The second-order valence-corrected chi connectivity index (χ2v) is 5.84. The molecule has 0 radical (unpaired) electrons. The number of nitrogens with two attached hydrogens (primary N) is 1. The number of nitrogens with one attached hydrogen (secondary N) is 1. The van der Waals surface area contributed by atoms with Crippen molar-refractivity contribution in [1.82, 2.24) is 20.6 Å². The molecular weight excluding hydrogens is 352 g/mol. The van der Waals surface area contributed by atoms with E-state index in [0.717, 1.165) is 17.2 Å². The topological polar surface area (TPSA) is 82.7 Å². The van der Waals surface area contributed by atoms with Gasteiger partial charge in [-0.1, -0.05) is 6.07 Å². The molecule has 3 aromatic rings. The van der Waals surface area contributed by atoms with Gasteiger partial charge in [0.2, 0.25) is 0 Å². The third-order valence-electron chi connectivity index (χ3n) is 4.13. The minimum atomic E-state index is -0.988. The van der Waals surface area contributed by atoms with Crippen molar-refractivity contribution in [3.05, 3.63) is 72.2 Å². The molecule has 1 aliphatic heterocycles. The highest BCUT2D eigenvalue weighted by atomic mass is 19.2. The van der Waals surface area contributed by atoms with Gasteiger partial charge in [0, 0.05) is 31.2 Å². The van der Waals surface area contributed by atoms with Crippen molar-refractivity contribution < 1.29 is 8.78 Å². The van der Waals surface area contributed by atoms with E-state index >= 15 is 0 Å². The van der Waals surface area contributed by atoms with E-state index in [1.165, 1.54) is 22.3 Å². The summed E-state index contributed by atoms with van der Waals surface area (Å²) in [5, 5.41) is 7.02. The van der Waals surface area contributed by atoms with Gasteiger partial charge in [0.05, 0.1) is 5.56 Å². The smallest absolute Gasteiger partial charge is 0.184 e. The molecule has 0 aliphatic carbocycles. The third-order valence-corrected chi connectivity index (χ3v) is 4.13. The number of anilines is 2. The predicted molar refractivity (Wildman–Crippen MR) is 98.2 cm³/mol. The van der Waals surface area contributed by atoms with Crippen molar-refractivity contribution in [2.75, 3.05) is 17.8 Å². The number of nitrogen functional groups attached to an aromatic ring is 1. The van der Waals surface area contributed by atoms with Crippen molar-refractivity contribution in [1.29, 1.82) is 0 Å². The first-order valence-electron chi connectivity index (χ1n) is 8.03. The molecule has 0 fully saturated rings. The molecule has 4 rings (SSSR count). The Balaban J connectivity index is 1.81. The number of hydrogen-bond donors (Lipinski definition) is 2. The minimum absolute atomic E-state index is 0.00466. The van der Waals surface area contributed by atoms with Crippen molar-refractivity contribution in [3.63, 3.8) is 0 Å². The molecule has 0 amide bonds. The number of pyridine rings is 2. The molecule has 3 heterocycles. The summed E-state index contributed by atoms with van der Waals surface area (Å²) in [4.78, 5) is 8.23. The van der Waals surface area contributed by atoms with E-state index in [9.17, 15) is 8.78 Å². The molecule has 7 nitrogen and oxygen atoms in total. The Labute approximate surface area is 153 Å². The number of halogens is 2. The van der Waals surface area contributed by atoms with Crippen LogP contribution in [0.25, 0.3) is 11.1 Å². The fraction of sp³-hybridized carbons (Fsp3) is 0.0556. The van der Waals surface area contributed by atoms with Crippen LogP contribution in [-0.4, -0.2) is 28.0 Å². The van der Waals surface area contributed by atoms with Gasteiger partial charge < -0.3 is 5.73 Å². The molecule has 2 aromatic heterocycles. The first-order valence-corrected chi connectivity index (χ1v) is 8.03. The Morgan fingerprint density at radius 3 is 2.63 bits per heavy atom. The summed E-state index contributed by atoms with van der Waals surface area (Å²) < 4.78 is 28.1. The van der Waals surface area contributed by atoms with Crippen LogP contribution in [0.4, 0.5) is 20.3 Å². The fourth-order valence-electron chi connectivity index (χ4n) is 2.82. The average molecular weight is 367 g/mol. The first-order chi connectivity index (χ1) is 13.1. The van der Waals surface area contributed by atoms with Crippen LogP contribution in [0.15, 0.2) is 60.1 Å². The summed E-state index contributed by atoms with van der Waals surface area (Å²) in [6.07, 6.45) is 4.97. The lowest BCUT2D eigenvalue weighted by Gasteiger charge is -2.26. The molecule has 3 N–H and O–H groups in total. The maximum absolute atomic E-state index is 14.4. The Morgan fingerprint density at radius 2 is 1.85 bits per heavy atom. The summed E-state index contributed by atoms with van der Waals surface area (Å²) in [5.41, 5.74) is 10.9. The van der Waals surface area contributed by atoms with E-state index in [0.29, 0.717) is 11.4 Å². The molecule has 0 atom stereocenters. The standard InChI is InChI=1S/C18H15F2N7/c1-26-25-24-18(27(26)15-4-2-3-14(19)16(15)20)13-9-12(10-23-17(13)21)11-5-7-22-8-6-11/h2-10,25H,1H3,(H2,21,23). The van der Waals surface area contributed by atoms with E-state index in [2.05, 4.69) is 20.6 Å². The second kappa shape index (κ2) is 6.61. The van der Waals surface area contributed by atoms with Crippen LogP contribution >= 0.6 is 0 Å². The van der Waals surface area contributed by atoms with Gasteiger partial charge in [0.1, 0.15) is 11.5 Å². The Hall–Kier alpha value is -3.59. The number of hydrogen-bond acceptors (Lipinski definition) is 7. The molecule has 1 aromatic carbocycles. The number of rotatable bonds is 3. The lowest BCUT2D eigenvalue weighted by molar-refractivity contribution is 0.275. The SMILES string of the molecule is CN1NN=C(c2cc(-c3ccncc3)cnc2N)N1c1cccc(F)c1F. The molecule has 0 spiro atoms. The molecular formula is C18H15F2N7. The van der Waals surface area contributed by atoms with Gasteiger partial charge in [0.15, 0.2) is 17.5 Å². The summed E-state index contributed by atoms with van der Waals surface area (Å²) in [5.74, 6) is -1.44. The molecule has 136 valence electrons. The summed E-state index contributed by atoms with van der Waals surface area (Å²) in [6.45, 7) is 0. The molecule has 0 saturated carbocycles. The fourth-order valence-corrected chi connectivity index (χ4v) is 2.82. The molecule has 0 unspecified atom stereocenters. The first kappa shape index (κ1) is 16.9. The third kappa shape index (κ3) is 2.93. The number of amidine groups is 1. The monoisotopic (exact) mass is 367 g/mol. The highest BCUT2D eigenvalue weighted by Crippen LogP contribution is 2.29. The summed E-state index contributed by atoms with van der Waals surface area (Å²) in [7, 11) is 1.62. The molecule has 1 aliphatic rings. The largest absolute Gasteiger partial charge is 0.383 e. The molecule has 0 saturated heterocycles. The van der Waals surface area contributed by atoms with Gasteiger partial charge in [-0.2, -0.15) is 0 Å². The van der Waals surface area contributed by atoms with Gasteiger partial charge in [-0.15, -0.1) is 10.2 Å². The number of hydrazine groups is 2. The van der Waals surface area contributed by atoms with Crippen molar-refractivity contribution in [3.8, 4) is 11.1 Å². The summed E-state index contributed by atoms with van der Waals surface area (Å²) in [6, 6.07) is 9.39. The predicted octanol–water partition coefficient (Wildman–Crippen LogP) is 2.54. The number of nitrogens with zero attached hydrogens (tertiary/aromatic N) is 5. The highest BCUT2D eigenvalue weighted by Gasteiger charge is 2.30. The van der Waals surface area contributed by atoms with Crippen LogP contribution in [0.1, 0.15) is 5.56 Å². The molecule has 9 heteroatoms. The van der Waals surface area contributed by atoms with E-state index in [1.54, 1.807) is 31.7 Å². The lowest BCUT2D eigenvalue weighted by atomic mass is 10.1. The second-order valence-electron chi connectivity index (χ2n) is 5.84. The maximum atomic E-state index is 14.4.